The van der Waals surface area contributed by atoms with E-state index in [1.54, 1.807) is 6.92 Å². The summed E-state index contributed by atoms with van der Waals surface area (Å²) in [6, 6.07) is 0. The molecule has 0 aromatic heterocycles. The largest absolute Gasteiger partial charge is 0.458 e. The zero-order valence-corrected chi connectivity index (χ0v) is 9.61. The first-order chi connectivity index (χ1) is 7.74. The first-order valence-electron chi connectivity index (χ1n) is 5.76. The van der Waals surface area contributed by atoms with Crippen LogP contribution in [0.15, 0.2) is 12.2 Å². The Morgan fingerprint density at radius 1 is 1.19 bits per heavy atom. The van der Waals surface area contributed by atoms with Crippen molar-refractivity contribution >= 4 is 11.9 Å². The molecule has 0 fully saturated rings. The highest BCUT2D eigenvalue weighted by Crippen LogP contribution is 2.15. The third-order valence-corrected chi connectivity index (χ3v) is 2.43. The maximum atomic E-state index is 11.3. The standard InChI is InChI=1S/C12H18O4/c1-2-15-11(13)12(14)16-10-8-6-4-3-5-7-9-10/h3-4,10H,2,5-9H2,1H3/b4-3-. The molecule has 1 aliphatic carbocycles. The van der Waals surface area contributed by atoms with E-state index in [0.717, 1.165) is 32.1 Å². The second-order valence-corrected chi connectivity index (χ2v) is 3.73. The van der Waals surface area contributed by atoms with Gasteiger partial charge in [0.1, 0.15) is 6.10 Å². The number of esters is 2. The Hall–Kier alpha value is -1.32. The molecule has 0 N–H and O–H groups in total. The van der Waals surface area contributed by atoms with Gasteiger partial charge in [0.05, 0.1) is 6.61 Å². The van der Waals surface area contributed by atoms with Crippen LogP contribution >= 0.6 is 0 Å². The Labute approximate surface area is 95.6 Å². The normalized spacial score (nSPS) is 22.7. The van der Waals surface area contributed by atoms with Gasteiger partial charge in [-0.15, -0.1) is 0 Å². The van der Waals surface area contributed by atoms with Crippen LogP contribution in [0.2, 0.25) is 0 Å². The number of allylic oxidation sites excluding steroid dienone is 2. The molecule has 4 heteroatoms. The summed E-state index contributed by atoms with van der Waals surface area (Å²) in [6.07, 6.45) is 8.55. The molecule has 4 nitrogen and oxygen atoms in total. The van der Waals surface area contributed by atoms with Crippen molar-refractivity contribution in [2.45, 2.75) is 45.1 Å². The van der Waals surface area contributed by atoms with Crippen molar-refractivity contribution in [3.63, 3.8) is 0 Å². The Balaban J connectivity index is 2.37. The zero-order chi connectivity index (χ0) is 11.8. The molecule has 0 aromatic rings. The lowest BCUT2D eigenvalue weighted by molar-refractivity contribution is -0.171. The van der Waals surface area contributed by atoms with Gasteiger partial charge in [-0.3, -0.25) is 0 Å². The molecule has 1 unspecified atom stereocenters. The second-order valence-electron chi connectivity index (χ2n) is 3.73. The van der Waals surface area contributed by atoms with E-state index in [1.165, 1.54) is 0 Å². The molecule has 0 saturated heterocycles. The van der Waals surface area contributed by atoms with Gasteiger partial charge in [-0.05, 0) is 39.0 Å². The van der Waals surface area contributed by atoms with E-state index in [4.69, 9.17) is 4.74 Å². The molecule has 0 radical (unpaired) electrons. The molecule has 1 aliphatic rings. The highest BCUT2D eigenvalue weighted by atomic mass is 16.6. The highest BCUT2D eigenvalue weighted by Gasteiger charge is 2.21. The monoisotopic (exact) mass is 226 g/mol. The van der Waals surface area contributed by atoms with E-state index in [9.17, 15) is 9.59 Å². The molecular formula is C12H18O4. The molecule has 0 aliphatic heterocycles. The van der Waals surface area contributed by atoms with E-state index in [-0.39, 0.29) is 12.7 Å². The van der Waals surface area contributed by atoms with Gasteiger partial charge in [0.15, 0.2) is 0 Å². The first-order valence-corrected chi connectivity index (χ1v) is 5.76. The van der Waals surface area contributed by atoms with Crippen molar-refractivity contribution in [3.8, 4) is 0 Å². The fourth-order valence-electron chi connectivity index (χ4n) is 1.63. The molecule has 90 valence electrons. The first kappa shape index (κ1) is 12.7. The Morgan fingerprint density at radius 3 is 2.69 bits per heavy atom. The quantitative estimate of drug-likeness (QED) is 0.410. The molecule has 0 heterocycles. The van der Waals surface area contributed by atoms with E-state index >= 15 is 0 Å². The van der Waals surface area contributed by atoms with Crippen molar-refractivity contribution in [2.24, 2.45) is 0 Å². The molecule has 0 amide bonds. The van der Waals surface area contributed by atoms with Crippen LogP contribution in [0.4, 0.5) is 0 Å². The van der Waals surface area contributed by atoms with Crippen LogP contribution < -0.4 is 0 Å². The summed E-state index contributed by atoms with van der Waals surface area (Å²) in [5.74, 6) is -1.75. The average Bonchev–Trinajstić information content (AvgIpc) is 2.22. The number of hydrogen-bond acceptors (Lipinski definition) is 4. The van der Waals surface area contributed by atoms with Crippen LogP contribution in [0.25, 0.3) is 0 Å². The lowest BCUT2D eigenvalue weighted by atomic mass is 10.0. The number of ether oxygens (including phenoxy) is 2. The fraction of sp³-hybridized carbons (Fsp3) is 0.667. The molecule has 0 spiro atoms. The van der Waals surface area contributed by atoms with E-state index < -0.39 is 11.9 Å². The van der Waals surface area contributed by atoms with Crippen LogP contribution in [0.3, 0.4) is 0 Å². The summed E-state index contributed by atoms with van der Waals surface area (Å²) in [6.45, 7) is 1.85. The molecular weight excluding hydrogens is 208 g/mol. The third-order valence-electron chi connectivity index (χ3n) is 2.43. The van der Waals surface area contributed by atoms with Gasteiger partial charge < -0.3 is 9.47 Å². The molecule has 0 bridgehead atoms. The maximum absolute atomic E-state index is 11.3. The maximum Gasteiger partial charge on any atom is 0.417 e. The summed E-state index contributed by atoms with van der Waals surface area (Å²) in [5, 5.41) is 0. The van der Waals surface area contributed by atoms with Crippen LogP contribution in [0, 0.1) is 0 Å². The summed E-state index contributed by atoms with van der Waals surface area (Å²) in [7, 11) is 0. The Bertz CT molecular complexity index is 270. The van der Waals surface area contributed by atoms with Crippen LogP contribution in [0.5, 0.6) is 0 Å². The van der Waals surface area contributed by atoms with Crippen molar-refractivity contribution in [3.05, 3.63) is 12.2 Å². The molecule has 16 heavy (non-hydrogen) atoms. The predicted molar refractivity (Wildman–Crippen MR) is 58.7 cm³/mol. The number of hydrogen-bond donors (Lipinski definition) is 0. The molecule has 0 aromatic carbocycles. The Kier molecular flexibility index (Phi) is 5.61. The van der Waals surface area contributed by atoms with Crippen molar-refractivity contribution in [1.82, 2.24) is 0 Å². The Morgan fingerprint density at radius 2 is 1.94 bits per heavy atom. The average molecular weight is 226 g/mol. The van der Waals surface area contributed by atoms with Gasteiger partial charge in [0.25, 0.3) is 0 Å². The van der Waals surface area contributed by atoms with Crippen LogP contribution in [-0.4, -0.2) is 24.6 Å². The SMILES string of the molecule is CCOC(=O)C(=O)OC1CC/C=C\CCC1. The highest BCUT2D eigenvalue weighted by molar-refractivity contribution is 6.29. The van der Waals surface area contributed by atoms with E-state index in [1.807, 2.05) is 0 Å². The van der Waals surface area contributed by atoms with E-state index in [2.05, 4.69) is 16.9 Å². The van der Waals surface area contributed by atoms with Crippen LogP contribution in [-0.2, 0) is 19.1 Å². The number of carbonyl (C=O) groups excluding carboxylic acids is 2. The zero-order valence-electron chi connectivity index (χ0n) is 9.61. The summed E-state index contributed by atoms with van der Waals surface area (Å²) < 4.78 is 9.67. The smallest absolute Gasteiger partial charge is 0.417 e. The minimum atomic E-state index is -0.889. The third kappa shape index (κ3) is 4.47. The lowest BCUT2D eigenvalue weighted by Gasteiger charge is -2.17. The molecule has 0 saturated carbocycles. The molecule has 1 atom stereocenters. The van der Waals surface area contributed by atoms with Gasteiger partial charge in [0, 0.05) is 0 Å². The fourth-order valence-corrected chi connectivity index (χ4v) is 1.63. The molecule has 1 rings (SSSR count). The number of rotatable bonds is 2. The second kappa shape index (κ2) is 7.04. The number of carbonyl (C=O) groups is 2. The van der Waals surface area contributed by atoms with Crippen molar-refractivity contribution in [2.75, 3.05) is 6.61 Å². The van der Waals surface area contributed by atoms with Gasteiger partial charge >= 0.3 is 11.9 Å². The van der Waals surface area contributed by atoms with E-state index in [0.29, 0.717) is 0 Å². The van der Waals surface area contributed by atoms with Crippen LogP contribution in [0.1, 0.15) is 39.0 Å². The van der Waals surface area contributed by atoms with Gasteiger partial charge in [-0.25, -0.2) is 9.59 Å². The van der Waals surface area contributed by atoms with Gasteiger partial charge in [-0.2, -0.15) is 0 Å². The summed E-state index contributed by atoms with van der Waals surface area (Å²) in [4.78, 5) is 22.3. The minimum absolute atomic E-state index is 0.151. The summed E-state index contributed by atoms with van der Waals surface area (Å²) >= 11 is 0. The summed E-state index contributed by atoms with van der Waals surface area (Å²) in [5.41, 5.74) is 0. The topological polar surface area (TPSA) is 52.6 Å². The minimum Gasteiger partial charge on any atom is -0.458 e. The predicted octanol–water partition coefficient (Wildman–Crippen LogP) is 1.98. The van der Waals surface area contributed by atoms with Gasteiger partial charge in [0.2, 0.25) is 0 Å². The van der Waals surface area contributed by atoms with Crippen molar-refractivity contribution in [1.29, 1.82) is 0 Å². The van der Waals surface area contributed by atoms with Crippen molar-refractivity contribution < 1.29 is 19.1 Å². The lowest BCUT2D eigenvalue weighted by Crippen LogP contribution is -2.26. The van der Waals surface area contributed by atoms with Gasteiger partial charge in [-0.1, -0.05) is 12.2 Å².